The lowest BCUT2D eigenvalue weighted by Crippen LogP contribution is -2.50. The third-order valence-electron chi connectivity index (χ3n) is 4.69. The van der Waals surface area contributed by atoms with E-state index in [1.807, 2.05) is 36.4 Å². The highest BCUT2D eigenvalue weighted by molar-refractivity contribution is 7.77. The molecule has 0 saturated heterocycles. The van der Waals surface area contributed by atoms with E-state index >= 15 is 0 Å². The molecule has 26 heavy (non-hydrogen) atoms. The van der Waals surface area contributed by atoms with Gasteiger partial charge in [0.15, 0.2) is 5.30 Å². The number of hydrogen-bond donors (Lipinski definition) is 1. The van der Waals surface area contributed by atoms with Crippen LogP contribution in [0.25, 0.3) is 0 Å². The van der Waals surface area contributed by atoms with Crippen molar-refractivity contribution >= 4 is 18.9 Å². The van der Waals surface area contributed by atoms with Gasteiger partial charge in [-0.3, -0.25) is 4.79 Å². The lowest BCUT2D eigenvalue weighted by atomic mass is 10.2. The first kappa shape index (κ1) is 20.6. The van der Waals surface area contributed by atoms with Gasteiger partial charge in [-0.25, -0.2) is 0 Å². The summed E-state index contributed by atoms with van der Waals surface area (Å²) in [4.78, 5) is 13.2. The van der Waals surface area contributed by atoms with Gasteiger partial charge < -0.3 is 0 Å². The number of hydrogen-bond acceptors (Lipinski definition) is 3. The Bertz CT molecular complexity index is 658. The molecule has 0 spiro atoms. The van der Waals surface area contributed by atoms with Crippen LogP contribution >= 0.6 is 7.71 Å². The van der Waals surface area contributed by atoms with E-state index in [-0.39, 0.29) is 5.91 Å². The summed E-state index contributed by atoms with van der Waals surface area (Å²) in [6.07, 6.45) is 0. The number of carbonyl (C=O) groups excluding carboxylic acids is 1. The van der Waals surface area contributed by atoms with Crippen molar-refractivity contribution in [1.29, 1.82) is 0 Å². The van der Waals surface area contributed by atoms with Crippen molar-refractivity contribution in [2.24, 2.45) is 0 Å². The lowest BCUT2D eigenvalue weighted by Gasteiger charge is -2.40. The third kappa shape index (κ3) is 4.15. The Hall–Kier alpha value is -1.74. The summed E-state index contributed by atoms with van der Waals surface area (Å²) in [5, 5.41) is 4.68. The Morgan fingerprint density at radius 2 is 1.19 bits per heavy atom. The molecule has 1 N–H and O–H groups in total. The third-order valence-corrected chi connectivity index (χ3v) is 8.99. The van der Waals surface area contributed by atoms with E-state index in [1.54, 1.807) is 0 Å². The van der Waals surface area contributed by atoms with Crippen LogP contribution in [0.2, 0.25) is 0 Å². The average molecular weight is 372 g/mol. The van der Waals surface area contributed by atoms with Gasteiger partial charge in [0, 0.05) is 31.7 Å². The van der Waals surface area contributed by atoms with Crippen LogP contribution in [-0.4, -0.2) is 41.4 Å². The highest BCUT2D eigenvalue weighted by Crippen LogP contribution is 2.59. The number of nitrogens with one attached hydrogen (secondary N) is 1. The van der Waals surface area contributed by atoms with Crippen molar-refractivity contribution in [2.75, 3.05) is 26.2 Å². The van der Waals surface area contributed by atoms with E-state index in [4.69, 9.17) is 0 Å². The summed E-state index contributed by atoms with van der Waals surface area (Å²) in [7, 11) is -2.22. The molecule has 0 aromatic heterocycles. The Kier molecular flexibility index (Phi) is 7.77. The summed E-state index contributed by atoms with van der Waals surface area (Å²) in [5.41, 5.74) is 0.701. The van der Waals surface area contributed by atoms with Crippen molar-refractivity contribution in [3.05, 3.63) is 66.2 Å². The largest absolute Gasteiger partial charge is 0.285 e. The van der Waals surface area contributed by atoms with E-state index in [1.165, 1.54) is 5.30 Å². The summed E-state index contributed by atoms with van der Waals surface area (Å²) in [5.74, 6) is -0.0124. The normalized spacial score (nSPS) is 11.8. The minimum atomic E-state index is -2.22. The number of rotatable bonds is 9. The smallest absolute Gasteiger partial charge is 0.266 e. The van der Waals surface area contributed by atoms with Gasteiger partial charge in [0.05, 0.1) is 0 Å². The van der Waals surface area contributed by atoms with Crippen LogP contribution < -0.4 is 10.4 Å². The molecule has 0 bridgehead atoms. The first-order valence-corrected chi connectivity index (χ1v) is 11.2. The molecule has 0 saturated carbocycles. The average Bonchev–Trinajstić information content (AvgIpc) is 2.70. The van der Waals surface area contributed by atoms with Crippen molar-refractivity contribution in [3.8, 4) is 0 Å². The first-order valence-electron chi connectivity index (χ1n) is 9.47. The highest BCUT2D eigenvalue weighted by Gasteiger charge is 2.53. The Balaban J connectivity index is 2.59. The van der Waals surface area contributed by atoms with Gasteiger partial charge in [-0.15, -0.1) is 9.34 Å². The van der Waals surface area contributed by atoms with Crippen LogP contribution in [0.1, 0.15) is 38.1 Å². The number of amides is 1. The fourth-order valence-electron chi connectivity index (χ4n) is 3.41. The van der Waals surface area contributed by atoms with E-state index in [0.717, 1.165) is 26.2 Å². The zero-order valence-corrected chi connectivity index (χ0v) is 17.2. The topological polar surface area (TPSA) is 35.6 Å². The quantitative estimate of drug-likeness (QED) is 0.671. The zero-order valence-electron chi connectivity index (χ0n) is 16.4. The predicted octanol–water partition coefficient (Wildman–Crippen LogP) is 4.19. The molecule has 4 nitrogen and oxygen atoms in total. The molecule has 0 fully saturated rings. The number of nitrogens with zero attached hydrogens (tertiary/aromatic N) is 2. The molecular formula is C21H31N3OP+. The maximum absolute atomic E-state index is 13.2. The number of carbonyl (C=O) groups is 1. The van der Waals surface area contributed by atoms with Crippen molar-refractivity contribution in [1.82, 2.24) is 14.4 Å². The molecule has 2 aromatic rings. The fraction of sp³-hybridized carbons (Fsp3) is 0.381. The van der Waals surface area contributed by atoms with Gasteiger partial charge in [0.25, 0.3) is 13.6 Å². The molecule has 2 rings (SSSR count). The number of benzene rings is 2. The zero-order chi connectivity index (χ0) is 19.0. The maximum atomic E-state index is 13.2. The molecule has 1 amide bonds. The molecule has 0 unspecified atom stereocenters. The Morgan fingerprint density at radius 3 is 1.62 bits per heavy atom. The van der Waals surface area contributed by atoms with Gasteiger partial charge >= 0.3 is 0 Å². The van der Waals surface area contributed by atoms with Crippen LogP contribution in [0.5, 0.6) is 0 Å². The van der Waals surface area contributed by atoms with Crippen molar-refractivity contribution in [3.63, 3.8) is 0 Å². The molecule has 0 aliphatic rings. The molecule has 0 aliphatic heterocycles. The SMILES string of the molecule is CCN(CC)[P+](NC(=O)c1ccccc1)(c1ccccc1)N(CC)CC. The maximum Gasteiger partial charge on any atom is 0.285 e. The van der Waals surface area contributed by atoms with Crippen LogP contribution in [0, 0.1) is 0 Å². The summed E-state index contributed by atoms with van der Waals surface area (Å²) >= 11 is 0. The fourth-order valence-corrected chi connectivity index (χ4v) is 7.47. The van der Waals surface area contributed by atoms with Crippen LogP contribution in [0.15, 0.2) is 60.7 Å². The monoisotopic (exact) mass is 372 g/mol. The van der Waals surface area contributed by atoms with Crippen LogP contribution in [-0.2, 0) is 0 Å². The second kappa shape index (κ2) is 9.82. The first-order chi connectivity index (χ1) is 12.6. The Morgan fingerprint density at radius 1 is 0.769 bits per heavy atom. The van der Waals surface area contributed by atoms with Gasteiger partial charge in [-0.2, -0.15) is 5.09 Å². The lowest BCUT2D eigenvalue weighted by molar-refractivity contribution is 0.0977. The Labute approximate surface area is 158 Å². The van der Waals surface area contributed by atoms with E-state index < -0.39 is 7.71 Å². The summed E-state index contributed by atoms with van der Waals surface area (Å²) in [6, 6.07) is 20.0. The van der Waals surface area contributed by atoms with E-state index in [2.05, 4.69) is 66.4 Å². The second-order valence-corrected chi connectivity index (χ2v) is 9.10. The van der Waals surface area contributed by atoms with E-state index in [9.17, 15) is 4.79 Å². The molecule has 5 heteroatoms. The molecule has 0 aliphatic carbocycles. The van der Waals surface area contributed by atoms with Crippen LogP contribution in [0.4, 0.5) is 0 Å². The van der Waals surface area contributed by atoms with Gasteiger partial charge in [0.1, 0.15) is 0 Å². The standard InChI is InChI=1S/C21H30N3OP/c1-5-23(6-2)26(24(7-3)8-4,20-17-13-10-14-18-20)22-21(25)19-15-11-9-12-16-19/h9-18H,5-8H2,1-4H3/p+1. The van der Waals surface area contributed by atoms with Gasteiger partial charge in [0.2, 0.25) is 0 Å². The molecular weight excluding hydrogens is 341 g/mol. The molecule has 0 atom stereocenters. The summed E-state index contributed by atoms with van der Waals surface area (Å²) in [6.45, 7) is 12.2. The van der Waals surface area contributed by atoms with Crippen molar-refractivity contribution < 1.29 is 4.79 Å². The minimum absolute atomic E-state index is 0.0124. The molecule has 140 valence electrons. The highest BCUT2D eigenvalue weighted by atomic mass is 31.2. The van der Waals surface area contributed by atoms with Gasteiger partial charge in [-0.1, -0.05) is 36.4 Å². The van der Waals surface area contributed by atoms with Crippen molar-refractivity contribution in [2.45, 2.75) is 27.7 Å². The van der Waals surface area contributed by atoms with Crippen LogP contribution in [0.3, 0.4) is 0 Å². The summed E-state index contributed by atoms with van der Waals surface area (Å²) < 4.78 is 4.85. The predicted molar refractivity (Wildman–Crippen MR) is 113 cm³/mol. The van der Waals surface area contributed by atoms with E-state index in [0.29, 0.717) is 5.56 Å². The van der Waals surface area contributed by atoms with Gasteiger partial charge in [-0.05, 0) is 52.0 Å². The second-order valence-electron chi connectivity index (χ2n) is 6.02. The molecule has 0 heterocycles. The molecule has 0 radical (unpaired) electrons. The minimum Gasteiger partial charge on any atom is -0.266 e. The molecule has 2 aromatic carbocycles.